The molecule has 0 spiro atoms. The van der Waals surface area contributed by atoms with Crippen molar-refractivity contribution in [1.82, 2.24) is 0 Å². The van der Waals surface area contributed by atoms with E-state index in [1.54, 1.807) is 6.08 Å². The summed E-state index contributed by atoms with van der Waals surface area (Å²) in [6, 6.07) is 17.2. The van der Waals surface area contributed by atoms with Crippen LogP contribution >= 0.6 is 0 Å². The van der Waals surface area contributed by atoms with Crippen molar-refractivity contribution in [3.05, 3.63) is 71.3 Å². The molecular formula is C23H28O3. The van der Waals surface area contributed by atoms with Gasteiger partial charge in [0.2, 0.25) is 0 Å². The summed E-state index contributed by atoms with van der Waals surface area (Å²) >= 11 is 0. The Morgan fingerprint density at radius 2 is 1.38 bits per heavy atom. The smallest absolute Gasteiger partial charge is 0.163 e. The van der Waals surface area contributed by atoms with Crippen LogP contribution in [0.1, 0.15) is 45.7 Å². The predicted molar refractivity (Wildman–Crippen MR) is 107 cm³/mol. The van der Waals surface area contributed by atoms with Gasteiger partial charge >= 0.3 is 0 Å². The highest BCUT2D eigenvalue weighted by Gasteiger charge is 2.09. The summed E-state index contributed by atoms with van der Waals surface area (Å²) in [6.07, 6.45) is 1.60. The third kappa shape index (κ3) is 8.43. The van der Waals surface area contributed by atoms with E-state index >= 15 is 0 Å². The lowest BCUT2D eigenvalue weighted by molar-refractivity contribution is -0.119. The Hall–Kier alpha value is -2.68. The third-order valence-corrected chi connectivity index (χ3v) is 3.20. The first kappa shape index (κ1) is 21.4. The number of hydrogen-bond acceptors (Lipinski definition) is 3. The van der Waals surface area contributed by atoms with E-state index < -0.39 is 0 Å². The highest BCUT2D eigenvalue weighted by Crippen LogP contribution is 2.16. The summed E-state index contributed by atoms with van der Waals surface area (Å²) in [6.45, 7) is 9.79. The fraction of sp³-hybridized carbons (Fsp3) is 0.304. The second-order valence-corrected chi connectivity index (χ2v) is 6.75. The maximum atomic E-state index is 11.4. The van der Waals surface area contributed by atoms with Crippen LogP contribution < -0.4 is 4.74 Å². The number of carbonyl (C=O) groups excluding carboxylic acids is 2. The minimum atomic E-state index is -0.225. The molecule has 2 aromatic rings. The normalized spacial score (nSPS) is 9.77. The zero-order valence-corrected chi connectivity index (χ0v) is 16.3. The van der Waals surface area contributed by atoms with Gasteiger partial charge in [0, 0.05) is 0 Å². The van der Waals surface area contributed by atoms with Gasteiger partial charge in [-0.25, -0.2) is 0 Å². The summed E-state index contributed by atoms with van der Waals surface area (Å²) < 4.78 is 5.69. The molecule has 3 nitrogen and oxygen atoms in total. The molecule has 0 bridgehead atoms. The molecule has 0 aliphatic carbocycles. The van der Waals surface area contributed by atoms with Gasteiger partial charge in [-0.05, 0) is 49.1 Å². The number of ether oxygens (including phenoxy) is 1. The highest BCUT2D eigenvalue weighted by molar-refractivity contribution is 6.21. The Labute approximate surface area is 156 Å². The first-order chi connectivity index (χ1) is 12.3. The molecule has 0 saturated heterocycles. The van der Waals surface area contributed by atoms with Crippen molar-refractivity contribution in [3.63, 3.8) is 0 Å². The monoisotopic (exact) mass is 352 g/mol. The van der Waals surface area contributed by atoms with E-state index in [0.29, 0.717) is 6.61 Å². The van der Waals surface area contributed by atoms with E-state index in [9.17, 15) is 9.59 Å². The van der Waals surface area contributed by atoms with Crippen LogP contribution in [-0.4, -0.2) is 11.6 Å². The van der Waals surface area contributed by atoms with Crippen molar-refractivity contribution in [1.29, 1.82) is 0 Å². The molecule has 26 heavy (non-hydrogen) atoms. The van der Waals surface area contributed by atoms with Crippen LogP contribution in [0, 0.1) is 5.92 Å². The fourth-order valence-electron chi connectivity index (χ4n) is 2.02. The lowest BCUT2D eigenvalue weighted by Gasteiger charge is -2.06. The standard InChI is InChI=1S/C19H18O3.C4H10/c1-14(20)19(15(2)21)12-16-8-10-18(11-9-16)22-13-17-6-4-3-5-7-17;1-4(2)3/h3-12H,13H2,1-2H3;4H,1-3H3. The molecule has 0 aliphatic heterocycles. The van der Waals surface area contributed by atoms with Gasteiger partial charge in [-0.1, -0.05) is 63.2 Å². The SMILES string of the molecule is CC(=O)C(=Cc1ccc(OCc2ccccc2)cc1)C(C)=O.CC(C)C. The first-order valence-corrected chi connectivity index (χ1v) is 8.80. The zero-order valence-electron chi connectivity index (χ0n) is 16.3. The van der Waals surface area contributed by atoms with Crippen LogP contribution in [0.15, 0.2) is 60.2 Å². The summed E-state index contributed by atoms with van der Waals surface area (Å²) in [5, 5.41) is 0. The molecule has 0 heterocycles. The molecular weight excluding hydrogens is 324 g/mol. The summed E-state index contributed by atoms with van der Waals surface area (Å²) in [5.74, 6) is 1.13. The Bertz CT molecular complexity index is 707. The van der Waals surface area contributed by atoms with E-state index in [1.807, 2.05) is 54.6 Å². The van der Waals surface area contributed by atoms with Gasteiger partial charge in [0.05, 0.1) is 5.57 Å². The lowest BCUT2D eigenvalue weighted by Crippen LogP contribution is -2.05. The van der Waals surface area contributed by atoms with E-state index in [-0.39, 0.29) is 17.1 Å². The van der Waals surface area contributed by atoms with Gasteiger partial charge in [-0.2, -0.15) is 0 Å². The van der Waals surface area contributed by atoms with E-state index in [4.69, 9.17) is 4.74 Å². The van der Waals surface area contributed by atoms with Crippen molar-refractivity contribution in [2.75, 3.05) is 0 Å². The van der Waals surface area contributed by atoms with Crippen molar-refractivity contribution in [2.24, 2.45) is 5.92 Å². The van der Waals surface area contributed by atoms with Crippen molar-refractivity contribution >= 4 is 17.6 Å². The number of ketones is 2. The zero-order chi connectivity index (χ0) is 19.5. The fourth-order valence-corrected chi connectivity index (χ4v) is 2.02. The summed E-state index contributed by atoms with van der Waals surface area (Å²) in [4.78, 5) is 22.8. The molecule has 0 aliphatic rings. The number of hydrogen-bond donors (Lipinski definition) is 0. The third-order valence-electron chi connectivity index (χ3n) is 3.20. The predicted octanol–water partition coefficient (Wildman–Crippen LogP) is 5.49. The minimum Gasteiger partial charge on any atom is -0.489 e. The van der Waals surface area contributed by atoms with Crippen LogP contribution in [0.3, 0.4) is 0 Å². The van der Waals surface area contributed by atoms with E-state index in [2.05, 4.69) is 20.8 Å². The average Bonchev–Trinajstić information content (AvgIpc) is 2.58. The minimum absolute atomic E-state index is 0.206. The van der Waals surface area contributed by atoms with Crippen LogP contribution in [0.25, 0.3) is 6.08 Å². The first-order valence-electron chi connectivity index (χ1n) is 8.80. The molecule has 2 aromatic carbocycles. The lowest BCUT2D eigenvalue weighted by atomic mass is 10.0. The molecule has 0 unspecified atom stereocenters. The van der Waals surface area contributed by atoms with Crippen molar-refractivity contribution in [2.45, 2.75) is 41.2 Å². The van der Waals surface area contributed by atoms with Gasteiger partial charge in [0.15, 0.2) is 11.6 Å². The Morgan fingerprint density at radius 3 is 1.85 bits per heavy atom. The van der Waals surface area contributed by atoms with Crippen molar-refractivity contribution in [3.8, 4) is 5.75 Å². The summed E-state index contributed by atoms with van der Waals surface area (Å²) in [7, 11) is 0. The van der Waals surface area contributed by atoms with Crippen molar-refractivity contribution < 1.29 is 14.3 Å². The molecule has 0 N–H and O–H groups in total. The van der Waals surface area contributed by atoms with E-state index in [1.165, 1.54) is 13.8 Å². The molecule has 0 fully saturated rings. The molecule has 0 amide bonds. The Kier molecular flexibility index (Phi) is 9.07. The largest absolute Gasteiger partial charge is 0.489 e. The second kappa shape index (κ2) is 11.0. The Balaban J connectivity index is 0.000000765. The van der Waals surface area contributed by atoms with Crippen LogP contribution in [-0.2, 0) is 16.2 Å². The van der Waals surface area contributed by atoms with Gasteiger partial charge in [-0.3, -0.25) is 9.59 Å². The van der Waals surface area contributed by atoms with Crippen LogP contribution in [0.5, 0.6) is 5.75 Å². The van der Waals surface area contributed by atoms with Crippen LogP contribution in [0.2, 0.25) is 0 Å². The van der Waals surface area contributed by atoms with Gasteiger partial charge in [-0.15, -0.1) is 0 Å². The Morgan fingerprint density at radius 1 is 0.885 bits per heavy atom. The number of carbonyl (C=O) groups is 2. The molecule has 0 atom stereocenters. The molecule has 3 heteroatoms. The molecule has 0 aromatic heterocycles. The molecule has 2 rings (SSSR count). The maximum Gasteiger partial charge on any atom is 0.163 e. The number of Topliss-reactive ketones (excluding diaryl/α,β-unsaturated/α-hetero) is 2. The number of benzene rings is 2. The average molecular weight is 352 g/mol. The van der Waals surface area contributed by atoms with Gasteiger partial charge in [0.25, 0.3) is 0 Å². The quantitative estimate of drug-likeness (QED) is 0.392. The molecule has 138 valence electrons. The highest BCUT2D eigenvalue weighted by atomic mass is 16.5. The van der Waals surface area contributed by atoms with Gasteiger partial charge < -0.3 is 4.74 Å². The second-order valence-electron chi connectivity index (χ2n) is 6.75. The number of rotatable bonds is 6. The number of allylic oxidation sites excluding steroid dienone is 1. The molecule has 0 radical (unpaired) electrons. The topological polar surface area (TPSA) is 43.4 Å². The van der Waals surface area contributed by atoms with Crippen LogP contribution in [0.4, 0.5) is 0 Å². The summed E-state index contributed by atoms with van der Waals surface area (Å²) in [5.41, 5.74) is 2.10. The molecule has 0 saturated carbocycles. The maximum absolute atomic E-state index is 11.4. The van der Waals surface area contributed by atoms with Gasteiger partial charge in [0.1, 0.15) is 12.4 Å². The van der Waals surface area contributed by atoms with E-state index in [0.717, 1.165) is 22.8 Å².